The highest BCUT2D eigenvalue weighted by atomic mass is 16.5. The molecule has 1 fully saturated rings. The Morgan fingerprint density at radius 2 is 1.97 bits per heavy atom. The summed E-state index contributed by atoms with van der Waals surface area (Å²) in [6, 6.07) is 3.23. The third kappa shape index (κ3) is 6.59. The normalized spacial score (nSPS) is 18.2. The molecule has 0 aromatic heterocycles. The van der Waals surface area contributed by atoms with E-state index in [1.165, 1.54) is 0 Å². The zero-order valence-electron chi connectivity index (χ0n) is 19.6. The van der Waals surface area contributed by atoms with E-state index in [1.54, 1.807) is 37.1 Å². The predicted octanol–water partition coefficient (Wildman–Crippen LogP) is 1.15. The number of phenols is 1. The van der Waals surface area contributed by atoms with Gasteiger partial charge in [0.05, 0.1) is 12.6 Å². The van der Waals surface area contributed by atoms with Gasteiger partial charge in [-0.3, -0.25) is 14.4 Å². The Labute approximate surface area is 189 Å². The number of likely N-dealkylation sites (N-methyl/N-ethyl adjacent to an activating group) is 1. The fourth-order valence-electron chi connectivity index (χ4n) is 3.59. The quantitative estimate of drug-likeness (QED) is 0.426. The van der Waals surface area contributed by atoms with E-state index in [2.05, 4.69) is 16.0 Å². The Hall–Kier alpha value is -2.81. The Morgan fingerprint density at radius 1 is 1.25 bits per heavy atom. The van der Waals surface area contributed by atoms with Gasteiger partial charge >= 0.3 is 0 Å². The van der Waals surface area contributed by atoms with Crippen molar-refractivity contribution in [1.82, 2.24) is 20.9 Å². The fourth-order valence-corrected chi connectivity index (χ4v) is 3.59. The molecule has 0 radical (unpaired) electrons. The number of likely N-dealkylation sites (tertiary alicyclic amines) is 1. The monoisotopic (exact) mass is 448 g/mol. The van der Waals surface area contributed by atoms with Crippen molar-refractivity contribution >= 4 is 17.7 Å². The predicted molar refractivity (Wildman–Crippen MR) is 121 cm³/mol. The molecule has 9 nitrogen and oxygen atoms in total. The van der Waals surface area contributed by atoms with Gasteiger partial charge in [0.2, 0.25) is 17.7 Å². The lowest BCUT2D eigenvalue weighted by Gasteiger charge is -2.34. The molecule has 0 unspecified atom stereocenters. The SMILES string of the molecule is CCOc1cc(CN2CCC[C@H](NC(=O)[C@@H](NC(=O)[C@H](C)NC)C(C)C)C2=O)ccc1O. The molecule has 178 valence electrons. The van der Waals surface area contributed by atoms with Gasteiger partial charge < -0.3 is 30.7 Å². The number of aromatic hydroxyl groups is 1. The smallest absolute Gasteiger partial charge is 0.245 e. The summed E-state index contributed by atoms with van der Waals surface area (Å²) >= 11 is 0. The molecular weight excluding hydrogens is 412 g/mol. The van der Waals surface area contributed by atoms with Crippen molar-refractivity contribution in [3.8, 4) is 11.5 Å². The Kier molecular flexibility index (Phi) is 9.31. The number of amides is 3. The van der Waals surface area contributed by atoms with Crippen molar-refractivity contribution < 1.29 is 24.2 Å². The molecule has 0 saturated carbocycles. The minimum Gasteiger partial charge on any atom is -0.504 e. The molecular formula is C23H36N4O5. The van der Waals surface area contributed by atoms with E-state index in [1.807, 2.05) is 20.8 Å². The van der Waals surface area contributed by atoms with Crippen LogP contribution >= 0.6 is 0 Å². The van der Waals surface area contributed by atoms with Gasteiger partial charge in [-0.05, 0) is 57.4 Å². The summed E-state index contributed by atoms with van der Waals surface area (Å²) in [5, 5.41) is 18.3. The van der Waals surface area contributed by atoms with Crippen LogP contribution in [-0.2, 0) is 20.9 Å². The van der Waals surface area contributed by atoms with Crippen molar-refractivity contribution in [2.24, 2.45) is 5.92 Å². The molecule has 1 aliphatic rings. The first-order valence-electron chi connectivity index (χ1n) is 11.2. The number of benzene rings is 1. The third-order valence-electron chi connectivity index (χ3n) is 5.62. The summed E-state index contributed by atoms with van der Waals surface area (Å²) in [6.07, 6.45) is 1.30. The van der Waals surface area contributed by atoms with Crippen molar-refractivity contribution in [2.75, 3.05) is 20.2 Å². The van der Waals surface area contributed by atoms with Gasteiger partial charge in [0.1, 0.15) is 12.1 Å². The number of nitrogens with zero attached hydrogens (tertiary/aromatic N) is 1. The highest BCUT2D eigenvalue weighted by molar-refractivity contribution is 5.93. The largest absolute Gasteiger partial charge is 0.504 e. The minimum atomic E-state index is -0.729. The number of piperidine rings is 1. The van der Waals surface area contributed by atoms with Gasteiger partial charge in [0.15, 0.2) is 11.5 Å². The Morgan fingerprint density at radius 3 is 2.59 bits per heavy atom. The maximum absolute atomic E-state index is 13.0. The van der Waals surface area contributed by atoms with E-state index in [-0.39, 0.29) is 29.4 Å². The molecule has 1 aromatic rings. The second-order valence-corrected chi connectivity index (χ2v) is 8.44. The summed E-state index contributed by atoms with van der Waals surface area (Å²) in [5.74, 6) is -0.485. The van der Waals surface area contributed by atoms with E-state index >= 15 is 0 Å². The average molecular weight is 449 g/mol. The first kappa shape index (κ1) is 25.5. The Bertz CT molecular complexity index is 814. The van der Waals surface area contributed by atoms with Crippen LogP contribution < -0.4 is 20.7 Å². The van der Waals surface area contributed by atoms with Gasteiger partial charge in [0.25, 0.3) is 0 Å². The van der Waals surface area contributed by atoms with E-state index in [9.17, 15) is 19.5 Å². The average Bonchev–Trinajstić information content (AvgIpc) is 2.76. The van der Waals surface area contributed by atoms with Gasteiger partial charge in [-0.1, -0.05) is 19.9 Å². The van der Waals surface area contributed by atoms with Gasteiger partial charge in [-0.25, -0.2) is 0 Å². The van der Waals surface area contributed by atoms with E-state index in [0.29, 0.717) is 31.9 Å². The number of carbonyl (C=O) groups excluding carboxylic acids is 3. The second kappa shape index (κ2) is 11.7. The topological polar surface area (TPSA) is 120 Å². The fraction of sp³-hybridized carbons (Fsp3) is 0.609. The molecule has 32 heavy (non-hydrogen) atoms. The molecule has 9 heteroatoms. The zero-order chi connectivity index (χ0) is 23.8. The lowest BCUT2D eigenvalue weighted by Crippen LogP contribution is -2.58. The molecule has 1 aliphatic heterocycles. The van der Waals surface area contributed by atoms with Crippen molar-refractivity contribution in [3.63, 3.8) is 0 Å². The molecule has 3 atom stereocenters. The van der Waals surface area contributed by atoms with Crippen LogP contribution in [0.1, 0.15) is 46.1 Å². The number of carbonyl (C=O) groups is 3. The molecule has 0 bridgehead atoms. The minimum absolute atomic E-state index is 0.0556. The van der Waals surface area contributed by atoms with Crippen LogP contribution in [0.5, 0.6) is 11.5 Å². The van der Waals surface area contributed by atoms with Crippen LogP contribution in [0.3, 0.4) is 0 Å². The summed E-state index contributed by atoms with van der Waals surface area (Å²) in [6.45, 7) is 8.62. The van der Waals surface area contributed by atoms with Crippen LogP contribution in [-0.4, -0.2) is 66.1 Å². The van der Waals surface area contributed by atoms with E-state index < -0.39 is 18.1 Å². The standard InChI is InChI=1S/C23H36N4O5/c1-6-32-19-12-16(9-10-18(19)28)13-27-11-7-8-17(23(27)31)25-22(30)20(14(2)3)26-21(29)15(4)24-5/h9-10,12,14-15,17,20,24,28H,6-8,11,13H2,1-5H3,(H,25,30)(H,26,29)/t15-,17-,20-/m0/s1. The number of hydrogen-bond acceptors (Lipinski definition) is 6. The number of hydrogen-bond donors (Lipinski definition) is 4. The molecule has 1 aromatic carbocycles. The van der Waals surface area contributed by atoms with Gasteiger partial charge in [0, 0.05) is 13.1 Å². The summed E-state index contributed by atoms with van der Waals surface area (Å²) in [5.41, 5.74) is 0.833. The van der Waals surface area contributed by atoms with Crippen molar-refractivity contribution in [1.29, 1.82) is 0 Å². The van der Waals surface area contributed by atoms with Crippen LogP contribution in [0, 0.1) is 5.92 Å². The second-order valence-electron chi connectivity index (χ2n) is 8.44. The lowest BCUT2D eigenvalue weighted by molar-refractivity contribution is -0.140. The Balaban J connectivity index is 2.05. The van der Waals surface area contributed by atoms with E-state index in [4.69, 9.17) is 4.74 Å². The van der Waals surface area contributed by atoms with Crippen LogP contribution in [0.15, 0.2) is 18.2 Å². The van der Waals surface area contributed by atoms with Crippen molar-refractivity contribution in [3.05, 3.63) is 23.8 Å². The highest BCUT2D eigenvalue weighted by Crippen LogP contribution is 2.28. The molecule has 0 spiro atoms. The summed E-state index contributed by atoms with van der Waals surface area (Å²) < 4.78 is 5.42. The molecule has 1 heterocycles. The zero-order valence-corrected chi connectivity index (χ0v) is 19.6. The first-order valence-corrected chi connectivity index (χ1v) is 11.2. The summed E-state index contributed by atoms with van der Waals surface area (Å²) in [4.78, 5) is 39.9. The van der Waals surface area contributed by atoms with Gasteiger partial charge in [-0.15, -0.1) is 0 Å². The summed E-state index contributed by atoms with van der Waals surface area (Å²) in [7, 11) is 1.68. The third-order valence-corrected chi connectivity index (χ3v) is 5.62. The molecule has 0 aliphatic carbocycles. The first-order chi connectivity index (χ1) is 15.2. The van der Waals surface area contributed by atoms with Crippen LogP contribution in [0.4, 0.5) is 0 Å². The van der Waals surface area contributed by atoms with Crippen molar-refractivity contribution in [2.45, 2.75) is 65.2 Å². The molecule has 4 N–H and O–H groups in total. The maximum Gasteiger partial charge on any atom is 0.245 e. The van der Waals surface area contributed by atoms with E-state index in [0.717, 1.165) is 12.0 Å². The lowest BCUT2D eigenvalue weighted by atomic mass is 10.00. The number of nitrogens with one attached hydrogen (secondary N) is 3. The molecule has 2 rings (SSSR count). The number of phenolic OH excluding ortho intramolecular Hbond substituents is 1. The van der Waals surface area contributed by atoms with Gasteiger partial charge in [-0.2, -0.15) is 0 Å². The molecule has 1 saturated heterocycles. The maximum atomic E-state index is 13.0. The highest BCUT2D eigenvalue weighted by Gasteiger charge is 2.33. The molecule has 3 amide bonds. The number of rotatable bonds is 10. The number of ether oxygens (including phenoxy) is 1. The van der Waals surface area contributed by atoms with Crippen LogP contribution in [0.2, 0.25) is 0 Å². The van der Waals surface area contributed by atoms with Crippen LogP contribution in [0.25, 0.3) is 0 Å².